The number of sulfonamides is 1. The SMILES string of the molecule is CCCC(C)(O)CNc1ccc(S(N)(=O)=O)cc1. The van der Waals surface area contributed by atoms with E-state index in [-0.39, 0.29) is 4.90 Å². The van der Waals surface area contributed by atoms with Crippen molar-refractivity contribution in [1.82, 2.24) is 0 Å². The van der Waals surface area contributed by atoms with E-state index in [1.807, 2.05) is 6.92 Å². The van der Waals surface area contributed by atoms with Crippen LogP contribution >= 0.6 is 0 Å². The van der Waals surface area contributed by atoms with Gasteiger partial charge in [0.25, 0.3) is 0 Å². The molecule has 5 nitrogen and oxygen atoms in total. The van der Waals surface area contributed by atoms with Crippen molar-refractivity contribution in [3.8, 4) is 0 Å². The van der Waals surface area contributed by atoms with Gasteiger partial charge in [-0.05, 0) is 37.6 Å². The predicted octanol–water partition coefficient (Wildman–Crippen LogP) is 1.30. The molecule has 0 bridgehead atoms. The number of benzene rings is 1. The highest BCUT2D eigenvalue weighted by atomic mass is 32.2. The first-order valence-electron chi connectivity index (χ1n) is 5.84. The number of rotatable bonds is 6. The zero-order valence-electron chi connectivity index (χ0n) is 10.7. The van der Waals surface area contributed by atoms with E-state index in [1.165, 1.54) is 12.1 Å². The lowest BCUT2D eigenvalue weighted by Crippen LogP contribution is -2.33. The van der Waals surface area contributed by atoms with E-state index in [2.05, 4.69) is 5.32 Å². The second-order valence-corrected chi connectivity index (χ2v) is 6.23. The molecule has 1 unspecified atom stereocenters. The average molecular weight is 272 g/mol. The highest BCUT2D eigenvalue weighted by Gasteiger charge is 2.18. The quantitative estimate of drug-likeness (QED) is 0.727. The molecule has 4 N–H and O–H groups in total. The zero-order chi connectivity index (χ0) is 13.8. The molecule has 102 valence electrons. The van der Waals surface area contributed by atoms with Gasteiger partial charge in [-0.25, -0.2) is 13.6 Å². The van der Waals surface area contributed by atoms with Crippen molar-refractivity contribution in [3.05, 3.63) is 24.3 Å². The van der Waals surface area contributed by atoms with E-state index in [0.29, 0.717) is 13.0 Å². The first kappa shape index (κ1) is 14.9. The molecule has 0 aliphatic carbocycles. The van der Waals surface area contributed by atoms with E-state index in [0.717, 1.165) is 12.1 Å². The zero-order valence-corrected chi connectivity index (χ0v) is 11.5. The van der Waals surface area contributed by atoms with Crippen molar-refractivity contribution in [2.45, 2.75) is 37.2 Å². The van der Waals surface area contributed by atoms with E-state index in [9.17, 15) is 13.5 Å². The monoisotopic (exact) mass is 272 g/mol. The summed E-state index contributed by atoms with van der Waals surface area (Å²) in [5.74, 6) is 0. The molecule has 0 fully saturated rings. The minimum Gasteiger partial charge on any atom is -0.388 e. The molecule has 1 rings (SSSR count). The molecule has 6 heteroatoms. The van der Waals surface area contributed by atoms with Gasteiger partial charge in [-0.2, -0.15) is 0 Å². The summed E-state index contributed by atoms with van der Waals surface area (Å²) < 4.78 is 22.1. The van der Waals surface area contributed by atoms with Gasteiger partial charge in [0.2, 0.25) is 10.0 Å². The minimum absolute atomic E-state index is 0.0772. The molecule has 0 saturated carbocycles. The van der Waals surface area contributed by atoms with Crippen molar-refractivity contribution in [2.24, 2.45) is 5.14 Å². The van der Waals surface area contributed by atoms with Gasteiger partial charge in [-0.1, -0.05) is 13.3 Å². The van der Waals surface area contributed by atoms with Crippen LogP contribution in [0.1, 0.15) is 26.7 Å². The van der Waals surface area contributed by atoms with Crippen LogP contribution in [0.4, 0.5) is 5.69 Å². The standard InChI is InChI=1S/C12H20N2O3S/c1-3-8-12(2,15)9-14-10-4-6-11(7-5-10)18(13,16)17/h4-7,14-15H,3,8-9H2,1-2H3,(H2,13,16,17). The highest BCUT2D eigenvalue weighted by Crippen LogP contribution is 2.16. The Kier molecular flexibility index (Phi) is 4.72. The van der Waals surface area contributed by atoms with E-state index >= 15 is 0 Å². The van der Waals surface area contributed by atoms with Crippen LogP contribution in [0.5, 0.6) is 0 Å². The number of aliphatic hydroxyl groups is 1. The summed E-state index contributed by atoms with van der Waals surface area (Å²) in [5.41, 5.74) is -0.0216. The third-order valence-corrected chi connectivity index (χ3v) is 3.57. The maximum Gasteiger partial charge on any atom is 0.238 e. The third kappa shape index (κ3) is 4.64. The molecule has 0 aromatic heterocycles. The van der Waals surface area contributed by atoms with Gasteiger partial charge in [-0.15, -0.1) is 0 Å². The molecule has 0 amide bonds. The van der Waals surface area contributed by atoms with Crippen LogP contribution in [0.25, 0.3) is 0 Å². The summed E-state index contributed by atoms with van der Waals surface area (Å²) in [5, 5.41) is 18.0. The Balaban J connectivity index is 2.65. The Labute approximate surface area is 108 Å². The van der Waals surface area contributed by atoms with Crippen LogP contribution in [-0.4, -0.2) is 25.7 Å². The van der Waals surface area contributed by atoms with Gasteiger partial charge in [0.1, 0.15) is 0 Å². The molecule has 0 aliphatic rings. The first-order chi connectivity index (χ1) is 8.24. The lowest BCUT2D eigenvalue weighted by Gasteiger charge is -2.23. The molecule has 0 radical (unpaired) electrons. The van der Waals surface area contributed by atoms with Gasteiger partial charge < -0.3 is 10.4 Å². The molecule has 1 atom stereocenters. The van der Waals surface area contributed by atoms with Gasteiger partial charge in [0.15, 0.2) is 0 Å². The summed E-state index contributed by atoms with van der Waals surface area (Å²) in [6.45, 7) is 4.19. The van der Waals surface area contributed by atoms with Crippen LogP contribution in [0.2, 0.25) is 0 Å². The Morgan fingerprint density at radius 3 is 2.33 bits per heavy atom. The normalized spacial score (nSPS) is 15.1. The van der Waals surface area contributed by atoms with Crippen LogP contribution in [0.15, 0.2) is 29.2 Å². The number of hydrogen-bond donors (Lipinski definition) is 3. The lowest BCUT2D eigenvalue weighted by molar-refractivity contribution is 0.0637. The molecule has 1 aromatic rings. The summed E-state index contributed by atoms with van der Waals surface area (Å²) >= 11 is 0. The van der Waals surface area contributed by atoms with Crippen molar-refractivity contribution in [2.75, 3.05) is 11.9 Å². The molecule has 0 spiro atoms. The fourth-order valence-corrected chi connectivity index (χ4v) is 2.20. The minimum atomic E-state index is -3.65. The largest absolute Gasteiger partial charge is 0.388 e. The van der Waals surface area contributed by atoms with Crippen molar-refractivity contribution in [3.63, 3.8) is 0 Å². The summed E-state index contributed by atoms with van der Waals surface area (Å²) in [6, 6.07) is 6.13. The van der Waals surface area contributed by atoms with Crippen LogP contribution in [0, 0.1) is 0 Å². The Morgan fingerprint density at radius 2 is 1.89 bits per heavy atom. The Hall–Kier alpha value is -1.11. The lowest BCUT2D eigenvalue weighted by atomic mass is 10.0. The summed E-state index contributed by atoms with van der Waals surface area (Å²) in [6.07, 6.45) is 1.61. The molecule has 1 aromatic carbocycles. The highest BCUT2D eigenvalue weighted by molar-refractivity contribution is 7.89. The number of nitrogens with two attached hydrogens (primary N) is 1. The second kappa shape index (κ2) is 5.69. The van der Waals surface area contributed by atoms with Crippen LogP contribution < -0.4 is 10.5 Å². The van der Waals surface area contributed by atoms with E-state index < -0.39 is 15.6 Å². The molecule has 0 saturated heterocycles. The van der Waals surface area contributed by atoms with Crippen LogP contribution in [0.3, 0.4) is 0 Å². The van der Waals surface area contributed by atoms with Crippen molar-refractivity contribution in [1.29, 1.82) is 0 Å². The van der Waals surface area contributed by atoms with Gasteiger partial charge >= 0.3 is 0 Å². The fraction of sp³-hybridized carbons (Fsp3) is 0.500. The van der Waals surface area contributed by atoms with E-state index in [1.54, 1.807) is 19.1 Å². The number of hydrogen-bond acceptors (Lipinski definition) is 4. The summed E-state index contributed by atoms with van der Waals surface area (Å²) in [7, 11) is -3.65. The number of primary sulfonamides is 1. The van der Waals surface area contributed by atoms with Gasteiger partial charge in [0, 0.05) is 12.2 Å². The van der Waals surface area contributed by atoms with Crippen molar-refractivity contribution < 1.29 is 13.5 Å². The predicted molar refractivity (Wildman–Crippen MR) is 71.8 cm³/mol. The molecular weight excluding hydrogens is 252 g/mol. The molecule has 18 heavy (non-hydrogen) atoms. The second-order valence-electron chi connectivity index (χ2n) is 4.67. The van der Waals surface area contributed by atoms with Crippen LogP contribution in [-0.2, 0) is 10.0 Å². The molecular formula is C12H20N2O3S. The summed E-state index contributed by atoms with van der Waals surface area (Å²) in [4.78, 5) is 0.0772. The topological polar surface area (TPSA) is 92.4 Å². The maximum absolute atomic E-state index is 11.1. The number of nitrogens with one attached hydrogen (secondary N) is 1. The maximum atomic E-state index is 11.1. The third-order valence-electron chi connectivity index (χ3n) is 2.64. The first-order valence-corrected chi connectivity index (χ1v) is 7.38. The van der Waals surface area contributed by atoms with Crippen molar-refractivity contribution >= 4 is 15.7 Å². The number of anilines is 1. The van der Waals surface area contributed by atoms with E-state index in [4.69, 9.17) is 5.14 Å². The van der Waals surface area contributed by atoms with Gasteiger partial charge in [-0.3, -0.25) is 0 Å². The Morgan fingerprint density at radius 1 is 1.33 bits per heavy atom. The fourth-order valence-electron chi connectivity index (χ4n) is 1.68. The van der Waals surface area contributed by atoms with Gasteiger partial charge in [0.05, 0.1) is 10.5 Å². The molecule has 0 heterocycles. The molecule has 0 aliphatic heterocycles. The smallest absolute Gasteiger partial charge is 0.238 e. The Bertz CT molecular complexity index is 481. The average Bonchev–Trinajstić information content (AvgIpc) is 2.26.